The molecule has 0 fully saturated rings. The first-order chi connectivity index (χ1) is 9.71. The molecule has 2 N–H and O–H groups in total. The zero-order valence-electron chi connectivity index (χ0n) is 12.2. The zero-order valence-corrected chi connectivity index (χ0v) is 12.2. The molecule has 0 unspecified atom stereocenters. The number of nitrogens with zero attached hydrogens (tertiary/aromatic N) is 3. The number of hydrogen-bond acceptors (Lipinski definition) is 5. The number of nitrogen functional groups attached to an aromatic ring is 1. The van der Waals surface area contributed by atoms with Gasteiger partial charge in [0.15, 0.2) is 5.82 Å². The molecule has 0 aliphatic heterocycles. The predicted molar refractivity (Wildman–Crippen MR) is 79.5 cm³/mol. The van der Waals surface area contributed by atoms with Crippen LogP contribution in [-0.4, -0.2) is 34.7 Å². The Bertz CT molecular complexity index is 517. The third-order valence-electron chi connectivity index (χ3n) is 3.39. The molecule has 1 heterocycles. The van der Waals surface area contributed by atoms with Crippen LogP contribution in [-0.2, 0) is 12.8 Å². The summed E-state index contributed by atoms with van der Waals surface area (Å²) < 4.78 is 5.29. The monoisotopic (exact) mass is 274 g/mol. The van der Waals surface area contributed by atoms with E-state index in [1.54, 1.807) is 0 Å². The molecule has 0 bridgehead atoms. The summed E-state index contributed by atoms with van der Waals surface area (Å²) in [5.74, 6) is 1.44. The Balaban J connectivity index is 1.90. The van der Waals surface area contributed by atoms with Gasteiger partial charge in [-0.3, -0.25) is 0 Å². The van der Waals surface area contributed by atoms with Gasteiger partial charge in [0, 0.05) is 18.7 Å². The Morgan fingerprint density at radius 2 is 1.85 bits per heavy atom. The van der Waals surface area contributed by atoms with Crippen LogP contribution in [0.4, 0.5) is 5.69 Å². The topological polar surface area (TPSA) is 68.2 Å². The molecule has 0 radical (unpaired) electrons. The lowest BCUT2D eigenvalue weighted by Crippen LogP contribution is -2.25. The van der Waals surface area contributed by atoms with Gasteiger partial charge >= 0.3 is 0 Å². The highest BCUT2D eigenvalue weighted by Gasteiger charge is 2.08. The maximum Gasteiger partial charge on any atom is 0.231 e. The zero-order chi connectivity index (χ0) is 14.4. The van der Waals surface area contributed by atoms with E-state index in [-0.39, 0.29) is 0 Å². The van der Waals surface area contributed by atoms with Crippen molar-refractivity contribution in [3.63, 3.8) is 0 Å². The first-order valence-electron chi connectivity index (χ1n) is 7.09. The van der Waals surface area contributed by atoms with Gasteiger partial charge in [-0.2, -0.15) is 4.98 Å². The molecule has 0 aliphatic rings. The molecule has 108 valence electrons. The summed E-state index contributed by atoms with van der Waals surface area (Å²) in [4.78, 5) is 6.78. The molecule has 1 aromatic heterocycles. The Kier molecular flexibility index (Phi) is 5.12. The first-order valence-corrected chi connectivity index (χ1v) is 7.09. The number of anilines is 1. The van der Waals surface area contributed by atoms with Crippen LogP contribution in [0.1, 0.15) is 31.1 Å². The van der Waals surface area contributed by atoms with E-state index in [0.717, 1.165) is 43.1 Å². The van der Waals surface area contributed by atoms with E-state index in [0.29, 0.717) is 12.3 Å². The average molecular weight is 274 g/mol. The molecular weight excluding hydrogens is 252 g/mol. The van der Waals surface area contributed by atoms with Crippen molar-refractivity contribution < 1.29 is 4.52 Å². The van der Waals surface area contributed by atoms with Crippen LogP contribution in [0.2, 0.25) is 0 Å². The summed E-state index contributed by atoms with van der Waals surface area (Å²) in [6, 6.07) is 7.73. The molecule has 0 saturated heterocycles. The minimum atomic E-state index is 0.651. The molecule has 0 saturated carbocycles. The molecule has 0 atom stereocenters. The second kappa shape index (κ2) is 7.05. The molecule has 1 aromatic carbocycles. The SMILES string of the molecule is CCN(CC)CCc1noc(Cc2ccc(N)cc2)n1. The maximum absolute atomic E-state index is 5.66. The lowest BCUT2D eigenvalue weighted by Gasteiger charge is -2.16. The number of hydrogen-bond donors (Lipinski definition) is 1. The molecule has 20 heavy (non-hydrogen) atoms. The lowest BCUT2D eigenvalue weighted by atomic mass is 10.1. The van der Waals surface area contributed by atoms with Gasteiger partial charge in [-0.05, 0) is 30.8 Å². The lowest BCUT2D eigenvalue weighted by molar-refractivity contribution is 0.302. The Morgan fingerprint density at radius 1 is 1.15 bits per heavy atom. The van der Waals surface area contributed by atoms with Gasteiger partial charge in [0.2, 0.25) is 5.89 Å². The summed E-state index contributed by atoms with van der Waals surface area (Å²) >= 11 is 0. The van der Waals surface area contributed by atoms with Crippen molar-refractivity contribution in [2.45, 2.75) is 26.7 Å². The quantitative estimate of drug-likeness (QED) is 0.783. The van der Waals surface area contributed by atoms with E-state index in [1.807, 2.05) is 24.3 Å². The minimum absolute atomic E-state index is 0.651. The van der Waals surface area contributed by atoms with Crippen LogP contribution < -0.4 is 5.73 Å². The number of benzene rings is 1. The molecule has 2 aromatic rings. The molecule has 0 spiro atoms. The third kappa shape index (κ3) is 4.06. The van der Waals surface area contributed by atoms with Crippen molar-refractivity contribution in [2.75, 3.05) is 25.4 Å². The van der Waals surface area contributed by atoms with E-state index >= 15 is 0 Å². The summed E-state index contributed by atoms with van der Waals surface area (Å²) in [5.41, 5.74) is 7.55. The molecule has 5 nitrogen and oxygen atoms in total. The number of rotatable bonds is 7. The molecule has 0 aliphatic carbocycles. The Labute approximate surface area is 119 Å². The summed E-state index contributed by atoms with van der Waals surface area (Å²) in [5, 5.41) is 4.03. The van der Waals surface area contributed by atoms with Crippen molar-refractivity contribution in [2.24, 2.45) is 0 Å². The predicted octanol–water partition coefficient (Wildman–Crippen LogP) is 2.13. The fraction of sp³-hybridized carbons (Fsp3) is 0.467. The van der Waals surface area contributed by atoms with Gasteiger partial charge in [0.25, 0.3) is 0 Å². The van der Waals surface area contributed by atoms with Gasteiger partial charge in [-0.15, -0.1) is 0 Å². The highest BCUT2D eigenvalue weighted by molar-refractivity contribution is 5.39. The smallest absolute Gasteiger partial charge is 0.231 e. The van der Waals surface area contributed by atoms with Gasteiger partial charge in [-0.1, -0.05) is 31.1 Å². The van der Waals surface area contributed by atoms with Crippen LogP contribution in [0.3, 0.4) is 0 Å². The van der Waals surface area contributed by atoms with Crippen LogP contribution >= 0.6 is 0 Å². The van der Waals surface area contributed by atoms with Gasteiger partial charge < -0.3 is 15.2 Å². The van der Waals surface area contributed by atoms with Crippen LogP contribution in [0.5, 0.6) is 0 Å². The fourth-order valence-corrected chi connectivity index (χ4v) is 2.07. The first kappa shape index (κ1) is 14.5. The average Bonchev–Trinajstić information content (AvgIpc) is 2.90. The summed E-state index contributed by atoms with van der Waals surface area (Å²) in [7, 11) is 0. The second-order valence-corrected chi connectivity index (χ2v) is 4.80. The largest absolute Gasteiger partial charge is 0.399 e. The van der Waals surface area contributed by atoms with E-state index < -0.39 is 0 Å². The third-order valence-corrected chi connectivity index (χ3v) is 3.39. The van der Waals surface area contributed by atoms with Crippen molar-refractivity contribution in [1.82, 2.24) is 15.0 Å². The molecular formula is C15H22N4O. The van der Waals surface area contributed by atoms with Gasteiger partial charge in [0.1, 0.15) is 0 Å². The Hall–Kier alpha value is -1.88. The minimum Gasteiger partial charge on any atom is -0.399 e. The molecule has 5 heteroatoms. The van der Waals surface area contributed by atoms with Crippen LogP contribution in [0.15, 0.2) is 28.8 Å². The fourth-order valence-electron chi connectivity index (χ4n) is 2.07. The highest BCUT2D eigenvalue weighted by atomic mass is 16.5. The van der Waals surface area contributed by atoms with E-state index in [4.69, 9.17) is 10.3 Å². The molecule has 0 amide bonds. The summed E-state index contributed by atoms with van der Waals surface area (Å²) in [6.07, 6.45) is 1.48. The Morgan fingerprint density at radius 3 is 2.50 bits per heavy atom. The van der Waals surface area contributed by atoms with Crippen molar-refractivity contribution in [3.8, 4) is 0 Å². The maximum atomic E-state index is 5.66. The number of likely N-dealkylation sites (N-methyl/N-ethyl adjacent to an activating group) is 1. The number of aromatic nitrogens is 2. The van der Waals surface area contributed by atoms with Gasteiger partial charge in [-0.25, -0.2) is 0 Å². The van der Waals surface area contributed by atoms with Crippen molar-refractivity contribution in [1.29, 1.82) is 0 Å². The number of nitrogens with two attached hydrogens (primary N) is 1. The van der Waals surface area contributed by atoms with E-state index in [2.05, 4.69) is 28.9 Å². The molecule has 2 rings (SSSR count). The van der Waals surface area contributed by atoms with Crippen LogP contribution in [0, 0.1) is 0 Å². The van der Waals surface area contributed by atoms with Crippen molar-refractivity contribution in [3.05, 3.63) is 41.5 Å². The summed E-state index contributed by atoms with van der Waals surface area (Å²) in [6.45, 7) is 7.38. The van der Waals surface area contributed by atoms with Crippen molar-refractivity contribution >= 4 is 5.69 Å². The second-order valence-electron chi connectivity index (χ2n) is 4.80. The standard InChI is InChI=1S/C15H22N4O/c1-3-19(4-2)10-9-14-17-15(20-18-14)11-12-5-7-13(16)8-6-12/h5-8H,3-4,9-11,16H2,1-2H3. The highest BCUT2D eigenvalue weighted by Crippen LogP contribution is 2.10. The van der Waals surface area contributed by atoms with Gasteiger partial charge in [0.05, 0.1) is 6.42 Å². The van der Waals surface area contributed by atoms with E-state index in [1.165, 1.54) is 0 Å². The normalized spacial score (nSPS) is 11.2. The van der Waals surface area contributed by atoms with Crippen LogP contribution in [0.25, 0.3) is 0 Å². The van der Waals surface area contributed by atoms with E-state index in [9.17, 15) is 0 Å².